The number of nitrogens with two attached hydrogens (primary N) is 1. The molecule has 0 aliphatic rings. The summed E-state index contributed by atoms with van der Waals surface area (Å²) in [5.41, 5.74) is 4.56. The van der Waals surface area contributed by atoms with Crippen LogP contribution < -0.4 is 11.1 Å². The van der Waals surface area contributed by atoms with E-state index in [1.807, 2.05) is 13.1 Å². The minimum absolute atomic E-state index is 0.348. The number of hydrogen-bond acceptors (Lipinski definition) is 4. The van der Waals surface area contributed by atoms with Crippen LogP contribution in [0.15, 0.2) is 6.20 Å². The van der Waals surface area contributed by atoms with E-state index in [4.69, 9.17) is 5.73 Å². The van der Waals surface area contributed by atoms with Gasteiger partial charge in [0.25, 0.3) is 0 Å². The van der Waals surface area contributed by atoms with Crippen LogP contribution in [0.5, 0.6) is 0 Å². The summed E-state index contributed by atoms with van der Waals surface area (Å²) >= 11 is 1.61. The van der Waals surface area contributed by atoms with Crippen LogP contribution in [0.1, 0.15) is 23.7 Å². The molecule has 1 rings (SSSR count). The van der Waals surface area contributed by atoms with Crippen molar-refractivity contribution in [1.82, 2.24) is 10.3 Å². The molecule has 0 saturated heterocycles. The van der Waals surface area contributed by atoms with Crippen LogP contribution in [0.25, 0.3) is 0 Å². The van der Waals surface area contributed by atoms with Crippen molar-refractivity contribution in [3.8, 4) is 0 Å². The van der Waals surface area contributed by atoms with Gasteiger partial charge in [0.1, 0.15) is 0 Å². The Morgan fingerprint density at radius 1 is 1.71 bits per heavy atom. The van der Waals surface area contributed by atoms with Gasteiger partial charge in [-0.15, -0.1) is 11.3 Å². The van der Waals surface area contributed by atoms with Gasteiger partial charge in [0, 0.05) is 17.6 Å². The van der Waals surface area contributed by atoms with Crippen molar-refractivity contribution < 1.29 is 4.79 Å². The number of nitrogens with zero attached hydrogens (tertiary/aromatic N) is 1. The predicted octanol–water partition coefficient (Wildman–Crippen LogP) is 0.805. The average molecular weight is 213 g/mol. The van der Waals surface area contributed by atoms with E-state index in [0.717, 1.165) is 9.88 Å². The Morgan fingerprint density at radius 2 is 2.36 bits per heavy atom. The van der Waals surface area contributed by atoms with Gasteiger partial charge in [0.15, 0.2) is 0 Å². The second-order valence-electron chi connectivity index (χ2n) is 3.69. The lowest BCUT2D eigenvalue weighted by Gasteiger charge is -2.21. The third kappa shape index (κ3) is 2.78. The van der Waals surface area contributed by atoms with Gasteiger partial charge in [-0.1, -0.05) is 0 Å². The summed E-state index contributed by atoms with van der Waals surface area (Å²) in [6.45, 7) is 6.11. The topological polar surface area (TPSA) is 68.0 Å². The van der Waals surface area contributed by atoms with Gasteiger partial charge < -0.3 is 5.73 Å². The molecule has 3 N–H and O–H groups in total. The number of hydrogen-bond donors (Lipinski definition) is 2. The molecule has 4 nitrogen and oxygen atoms in total. The third-order valence-electron chi connectivity index (χ3n) is 1.99. The third-order valence-corrected chi connectivity index (χ3v) is 2.90. The predicted molar refractivity (Wildman–Crippen MR) is 57.0 cm³/mol. The summed E-state index contributed by atoms with van der Waals surface area (Å²) < 4.78 is 0. The van der Waals surface area contributed by atoms with Gasteiger partial charge in [-0.2, -0.15) is 0 Å². The molecule has 0 aromatic carbocycles. The number of thiazole rings is 1. The molecule has 0 atom stereocenters. The molecule has 1 aromatic heterocycles. The SMILES string of the molecule is Cc1ncc(CNC(C)(C)C(N)=O)s1. The van der Waals surface area contributed by atoms with E-state index in [9.17, 15) is 4.79 Å². The lowest BCUT2D eigenvalue weighted by Crippen LogP contribution is -2.50. The number of carbonyl (C=O) groups is 1. The lowest BCUT2D eigenvalue weighted by atomic mass is 10.1. The van der Waals surface area contributed by atoms with E-state index >= 15 is 0 Å². The van der Waals surface area contributed by atoms with E-state index in [2.05, 4.69) is 10.3 Å². The molecule has 1 amide bonds. The number of aryl methyl sites for hydroxylation is 1. The quantitative estimate of drug-likeness (QED) is 0.777. The molecule has 0 bridgehead atoms. The molecule has 1 aromatic rings. The van der Waals surface area contributed by atoms with Gasteiger partial charge in [0.05, 0.1) is 10.5 Å². The normalized spacial score (nSPS) is 11.6. The molecular weight excluding hydrogens is 198 g/mol. The zero-order valence-electron chi connectivity index (χ0n) is 8.63. The van der Waals surface area contributed by atoms with Crippen molar-refractivity contribution in [2.45, 2.75) is 32.9 Å². The molecule has 0 aliphatic heterocycles. The molecule has 1 heterocycles. The molecule has 0 radical (unpaired) electrons. The van der Waals surface area contributed by atoms with Crippen LogP contribution in [0.2, 0.25) is 0 Å². The fraction of sp³-hybridized carbons (Fsp3) is 0.556. The molecular formula is C9H15N3OS. The van der Waals surface area contributed by atoms with Crippen LogP contribution in [-0.2, 0) is 11.3 Å². The molecule has 0 unspecified atom stereocenters. The number of nitrogens with one attached hydrogen (secondary N) is 1. The van der Waals surface area contributed by atoms with Crippen LogP contribution in [0.4, 0.5) is 0 Å². The molecule has 14 heavy (non-hydrogen) atoms. The Bertz CT molecular complexity index is 333. The van der Waals surface area contributed by atoms with Crippen molar-refractivity contribution in [2.75, 3.05) is 0 Å². The summed E-state index contributed by atoms with van der Waals surface area (Å²) in [5, 5.41) is 4.11. The van der Waals surface area contributed by atoms with E-state index in [1.54, 1.807) is 25.2 Å². The standard InChI is InChI=1S/C9H15N3OS/c1-6-11-4-7(14-6)5-12-9(2,3)8(10)13/h4,12H,5H2,1-3H3,(H2,10,13). The Morgan fingerprint density at radius 3 is 2.79 bits per heavy atom. The molecule has 78 valence electrons. The van der Waals surface area contributed by atoms with E-state index in [0.29, 0.717) is 6.54 Å². The maximum Gasteiger partial charge on any atom is 0.237 e. The molecule has 0 fully saturated rings. The highest BCUT2D eigenvalue weighted by Crippen LogP contribution is 2.12. The van der Waals surface area contributed by atoms with Gasteiger partial charge in [-0.05, 0) is 20.8 Å². The Balaban J connectivity index is 2.52. The van der Waals surface area contributed by atoms with Crippen LogP contribution in [0, 0.1) is 6.92 Å². The highest BCUT2D eigenvalue weighted by molar-refractivity contribution is 7.11. The van der Waals surface area contributed by atoms with Crippen molar-refractivity contribution in [3.05, 3.63) is 16.1 Å². The largest absolute Gasteiger partial charge is 0.368 e. The zero-order valence-corrected chi connectivity index (χ0v) is 9.44. The van der Waals surface area contributed by atoms with E-state index < -0.39 is 5.54 Å². The summed E-state index contributed by atoms with van der Waals surface area (Å²) in [7, 11) is 0. The van der Waals surface area contributed by atoms with E-state index in [-0.39, 0.29) is 5.91 Å². The minimum Gasteiger partial charge on any atom is -0.368 e. The second-order valence-corrected chi connectivity index (χ2v) is 5.01. The fourth-order valence-electron chi connectivity index (χ4n) is 0.882. The van der Waals surface area contributed by atoms with Crippen molar-refractivity contribution in [1.29, 1.82) is 0 Å². The maximum absolute atomic E-state index is 11.0. The smallest absolute Gasteiger partial charge is 0.237 e. The number of amides is 1. The van der Waals surface area contributed by atoms with Gasteiger partial charge in [0.2, 0.25) is 5.91 Å². The van der Waals surface area contributed by atoms with Crippen molar-refractivity contribution in [3.63, 3.8) is 0 Å². The van der Waals surface area contributed by atoms with Gasteiger partial charge in [-0.3, -0.25) is 10.1 Å². The van der Waals surface area contributed by atoms with Gasteiger partial charge in [-0.25, -0.2) is 4.98 Å². The molecule has 0 spiro atoms. The molecule has 0 aliphatic carbocycles. The first-order chi connectivity index (χ1) is 6.42. The maximum atomic E-state index is 11.0. The number of rotatable bonds is 4. The zero-order chi connectivity index (χ0) is 10.8. The highest BCUT2D eigenvalue weighted by atomic mass is 32.1. The molecule has 5 heteroatoms. The summed E-state index contributed by atoms with van der Waals surface area (Å²) in [4.78, 5) is 16.2. The molecule has 0 saturated carbocycles. The summed E-state index contributed by atoms with van der Waals surface area (Å²) in [6.07, 6.45) is 1.81. The van der Waals surface area contributed by atoms with E-state index in [1.165, 1.54) is 0 Å². The first-order valence-electron chi connectivity index (χ1n) is 4.38. The lowest BCUT2D eigenvalue weighted by molar-refractivity contribution is -0.123. The second kappa shape index (κ2) is 4.06. The number of carbonyl (C=O) groups excluding carboxylic acids is 1. The van der Waals surface area contributed by atoms with Crippen molar-refractivity contribution in [2.24, 2.45) is 5.73 Å². The van der Waals surface area contributed by atoms with Crippen LogP contribution >= 0.6 is 11.3 Å². The number of aromatic nitrogens is 1. The summed E-state index contributed by atoms with van der Waals surface area (Å²) in [5.74, 6) is -0.348. The van der Waals surface area contributed by atoms with Crippen LogP contribution in [-0.4, -0.2) is 16.4 Å². The van der Waals surface area contributed by atoms with Crippen LogP contribution in [0.3, 0.4) is 0 Å². The highest BCUT2D eigenvalue weighted by Gasteiger charge is 2.23. The first kappa shape index (κ1) is 11.1. The average Bonchev–Trinajstić information content (AvgIpc) is 2.48. The first-order valence-corrected chi connectivity index (χ1v) is 5.20. The van der Waals surface area contributed by atoms with Crippen molar-refractivity contribution >= 4 is 17.2 Å². The fourth-order valence-corrected chi connectivity index (χ4v) is 1.62. The van der Waals surface area contributed by atoms with Gasteiger partial charge >= 0.3 is 0 Å². The Labute approximate surface area is 87.5 Å². The monoisotopic (exact) mass is 213 g/mol. The Hall–Kier alpha value is -0.940. The number of primary amides is 1. The summed E-state index contributed by atoms with van der Waals surface area (Å²) in [6, 6.07) is 0. The minimum atomic E-state index is -0.669. The Kier molecular flexibility index (Phi) is 3.23.